The summed E-state index contributed by atoms with van der Waals surface area (Å²) >= 11 is 0. The summed E-state index contributed by atoms with van der Waals surface area (Å²) in [5.41, 5.74) is 0.0131. The molecule has 1 aromatic heterocycles. The molecule has 1 atom stereocenters. The summed E-state index contributed by atoms with van der Waals surface area (Å²) in [6, 6.07) is 1.35. The molecule has 0 spiro atoms. The van der Waals surface area contributed by atoms with Crippen molar-refractivity contribution < 1.29 is 14.3 Å². The summed E-state index contributed by atoms with van der Waals surface area (Å²) in [6.45, 7) is 0.752. The molecule has 1 aromatic rings. The fourth-order valence-electron chi connectivity index (χ4n) is 1.65. The van der Waals surface area contributed by atoms with Crippen molar-refractivity contribution in [1.29, 1.82) is 0 Å². The van der Waals surface area contributed by atoms with E-state index >= 15 is 0 Å². The maximum atomic E-state index is 13.2. The summed E-state index contributed by atoms with van der Waals surface area (Å²) < 4.78 is 13.2. The maximum Gasteiger partial charge on any atom is 0.257 e. The Morgan fingerprint density at radius 1 is 1.67 bits per heavy atom. The van der Waals surface area contributed by atoms with E-state index in [1.807, 2.05) is 0 Å². The molecule has 1 N–H and O–H groups in total. The minimum absolute atomic E-state index is 0.0131. The Bertz CT molecular complexity index is 383. The van der Waals surface area contributed by atoms with Gasteiger partial charge < -0.3 is 10.0 Å². The molecule has 1 fully saturated rings. The van der Waals surface area contributed by atoms with Crippen LogP contribution in [0.2, 0.25) is 0 Å². The number of carbonyl (C=O) groups excluding carboxylic acids is 1. The van der Waals surface area contributed by atoms with E-state index in [1.165, 1.54) is 17.2 Å². The fourth-order valence-corrected chi connectivity index (χ4v) is 1.65. The van der Waals surface area contributed by atoms with Crippen LogP contribution in [0.3, 0.4) is 0 Å². The largest absolute Gasteiger partial charge is 0.391 e. The van der Waals surface area contributed by atoms with Crippen molar-refractivity contribution in [2.75, 3.05) is 13.1 Å². The third-order valence-corrected chi connectivity index (χ3v) is 2.45. The van der Waals surface area contributed by atoms with E-state index in [-0.39, 0.29) is 18.0 Å². The molecule has 15 heavy (non-hydrogen) atoms. The number of aliphatic hydroxyl groups excluding tert-OH is 1. The van der Waals surface area contributed by atoms with Crippen molar-refractivity contribution in [2.24, 2.45) is 0 Å². The average molecular weight is 210 g/mol. The molecule has 5 heteroatoms. The number of β-amino-alcohol motifs (C(OH)–C–C–N with tert-alkyl or cyclic N) is 1. The van der Waals surface area contributed by atoms with E-state index in [0.717, 1.165) is 6.20 Å². The van der Waals surface area contributed by atoms with E-state index in [1.54, 1.807) is 0 Å². The van der Waals surface area contributed by atoms with Gasteiger partial charge in [0.15, 0.2) is 5.82 Å². The van der Waals surface area contributed by atoms with Crippen LogP contribution in [-0.2, 0) is 0 Å². The van der Waals surface area contributed by atoms with Crippen LogP contribution in [0.4, 0.5) is 4.39 Å². The Kier molecular flexibility index (Phi) is 2.64. The Morgan fingerprint density at radius 2 is 2.47 bits per heavy atom. The first-order valence-corrected chi connectivity index (χ1v) is 4.75. The number of halogens is 1. The minimum atomic E-state index is -0.621. The van der Waals surface area contributed by atoms with Gasteiger partial charge in [0.1, 0.15) is 0 Å². The summed E-state index contributed by atoms with van der Waals surface area (Å²) in [6.07, 6.45) is 2.46. The zero-order valence-corrected chi connectivity index (χ0v) is 8.06. The van der Waals surface area contributed by atoms with Crippen molar-refractivity contribution in [3.8, 4) is 0 Å². The molecule has 80 valence electrons. The number of hydrogen-bond acceptors (Lipinski definition) is 3. The van der Waals surface area contributed by atoms with Gasteiger partial charge in [-0.15, -0.1) is 0 Å². The number of hydrogen-bond donors (Lipinski definition) is 1. The normalized spacial score (nSPS) is 20.7. The predicted octanol–water partition coefficient (Wildman–Crippen LogP) is 0.428. The van der Waals surface area contributed by atoms with Crippen LogP contribution in [-0.4, -0.2) is 40.1 Å². The minimum Gasteiger partial charge on any atom is -0.391 e. The van der Waals surface area contributed by atoms with Gasteiger partial charge >= 0.3 is 0 Å². The summed E-state index contributed by atoms with van der Waals surface area (Å²) in [7, 11) is 0. The van der Waals surface area contributed by atoms with Crippen molar-refractivity contribution >= 4 is 5.91 Å². The van der Waals surface area contributed by atoms with Crippen molar-refractivity contribution in [2.45, 2.75) is 12.5 Å². The van der Waals surface area contributed by atoms with Crippen LogP contribution in [0.25, 0.3) is 0 Å². The molecule has 2 rings (SSSR count). The van der Waals surface area contributed by atoms with E-state index in [4.69, 9.17) is 0 Å². The molecule has 0 unspecified atom stereocenters. The highest BCUT2D eigenvalue weighted by molar-refractivity contribution is 5.94. The molecule has 4 nitrogen and oxygen atoms in total. The zero-order chi connectivity index (χ0) is 10.8. The molecule has 0 radical (unpaired) electrons. The number of amides is 1. The van der Waals surface area contributed by atoms with Gasteiger partial charge in [-0.2, -0.15) is 0 Å². The highest BCUT2D eigenvalue weighted by Gasteiger charge is 2.26. The summed E-state index contributed by atoms with van der Waals surface area (Å²) in [5, 5.41) is 9.26. The Hall–Kier alpha value is -1.49. The first-order chi connectivity index (χ1) is 7.18. The van der Waals surface area contributed by atoms with Crippen molar-refractivity contribution in [1.82, 2.24) is 9.88 Å². The number of nitrogens with zero attached hydrogens (tertiary/aromatic N) is 2. The van der Waals surface area contributed by atoms with Gasteiger partial charge in [0.25, 0.3) is 5.91 Å². The molecule has 1 saturated heterocycles. The van der Waals surface area contributed by atoms with Crippen LogP contribution < -0.4 is 0 Å². The standard InChI is InChI=1S/C10H11FN2O2/c11-9-5-12-3-1-8(9)10(15)13-4-2-7(14)6-13/h1,3,5,7,14H,2,4,6H2/t7-/m1/s1. The number of rotatable bonds is 1. The van der Waals surface area contributed by atoms with Crippen molar-refractivity contribution in [3.05, 3.63) is 29.8 Å². The highest BCUT2D eigenvalue weighted by atomic mass is 19.1. The first kappa shape index (κ1) is 10.0. The highest BCUT2D eigenvalue weighted by Crippen LogP contribution is 2.14. The molecule has 1 amide bonds. The van der Waals surface area contributed by atoms with Crippen LogP contribution in [0.15, 0.2) is 18.5 Å². The number of carbonyl (C=O) groups is 1. The van der Waals surface area contributed by atoms with Gasteiger partial charge in [-0.05, 0) is 12.5 Å². The third kappa shape index (κ3) is 1.97. The topological polar surface area (TPSA) is 53.4 Å². The fraction of sp³-hybridized carbons (Fsp3) is 0.400. The molecule has 1 aliphatic rings. The Balaban J connectivity index is 2.18. The van der Waals surface area contributed by atoms with E-state index in [2.05, 4.69) is 4.98 Å². The zero-order valence-electron chi connectivity index (χ0n) is 8.06. The molecule has 0 saturated carbocycles. The van der Waals surface area contributed by atoms with Gasteiger partial charge in [0.2, 0.25) is 0 Å². The van der Waals surface area contributed by atoms with Crippen LogP contribution in [0.1, 0.15) is 16.8 Å². The molecule has 2 heterocycles. The van der Waals surface area contributed by atoms with Gasteiger partial charge in [0.05, 0.1) is 17.9 Å². The second-order valence-electron chi connectivity index (χ2n) is 3.55. The van der Waals surface area contributed by atoms with Gasteiger partial charge in [-0.25, -0.2) is 4.39 Å². The smallest absolute Gasteiger partial charge is 0.257 e. The quantitative estimate of drug-likeness (QED) is 0.731. The third-order valence-electron chi connectivity index (χ3n) is 2.45. The lowest BCUT2D eigenvalue weighted by Crippen LogP contribution is -2.30. The summed E-state index contributed by atoms with van der Waals surface area (Å²) in [5.74, 6) is -1.00. The van der Waals surface area contributed by atoms with Crippen molar-refractivity contribution in [3.63, 3.8) is 0 Å². The predicted molar refractivity (Wildman–Crippen MR) is 50.7 cm³/mol. The molecule has 1 aliphatic heterocycles. The molecular weight excluding hydrogens is 199 g/mol. The number of likely N-dealkylation sites (tertiary alicyclic amines) is 1. The lowest BCUT2D eigenvalue weighted by Gasteiger charge is -2.15. The van der Waals surface area contributed by atoms with Gasteiger partial charge in [0, 0.05) is 19.3 Å². The Labute approximate surface area is 86.4 Å². The summed E-state index contributed by atoms with van der Waals surface area (Å²) in [4.78, 5) is 16.8. The molecule has 0 aromatic carbocycles. The lowest BCUT2D eigenvalue weighted by molar-refractivity contribution is 0.0760. The lowest BCUT2D eigenvalue weighted by atomic mass is 10.2. The average Bonchev–Trinajstić information content (AvgIpc) is 2.65. The Morgan fingerprint density at radius 3 is 3.07 bits per heavy atom. The van der Waals surface area contributed by atoms with Gasteiger partial charge in [-0.1, -0.05) is 0 Å². The second kappa shape index (κ2) is 3.94. The number of aliphatic hydroxyl groups is 1. The van der Waals surface area contributed by atoms with E-state index in [0.29, 0.717) is 13.0 Å². The molecule has 0 bridgehead atoms. The number of aromatic nitrogens is 1. The maximum absolute atomic E-state index is 13.2. The van der Waals surface area contributed by atoms with Crippen LogP contribution >= 0.6 is 0 Å². The molecular formula is C10H11FN2O2. The SMILES string of the molecule is O=C(c1ccncc1F)N1CC[C@@H](O)C1. The first-order valence-electron chi connectivity index (χ1n) is 4.75. The van der Waals surface area contributed by atoms with E-state index in [9.17, 15) is 14.3 Å². The van der Waals surface area contributed by atoms with Crippen LogP contribution in [0.5, 0.6) is 0 Å². The molecule has 0 aliphatic carbocycles. The second-order valence-corrected chi connectivity index (χ2v) is 3.55. The van der Waals surface area contributed by atoms with E-state index < -0.39 is 11.9 Å². The number of pyridine rings is 1. The monoisotopic (exact) mass is 210 g/mol. The van der Waals surface area contributed by atoms with Gasteiger partial charge in [-0.3, -0.25) is 9.78 Å². The van der Waals surface area contributed by atoms with Crippen LogP contribution in [0, 0.1) is 5.82 Å².